The summed E-state index contributed by atoms with van der Waals surface area (Å²) in [6, 6.07) is 14.6. The number of anilines is 1. The minimum Gasteiger partial charge on any atom is -0.445 e. The van der Waals surface area contributed by atoms with Gasteiger partial charge in [0.1, 0.15) is 12.4 Å². The Labute approximate surface area is 141 Å². The van der Waals surface area contributed by atoms with E-state index >= 15 is 0 Å². The highest BCUT2D eigenvalue weighted by Crippen LogP contribution is 2.26. The van der Waals surface area contributed by atoms with Crippen LogP contribution in [0.15, 0.2) is 48.5 Å². The molecule has 0 unspecified atom stereocenters. The molecule has 24 heavy (non-hydrogen) atoms. The summed E-state index contributed by atoms with van der Waals surface area (Å²) in [5, 5.41) is 6.17. The van der Waals surface area contributed by atoms with Gasteiger partial charge in [0, 0.05) is 17.8 Å². The first-order chi connectivity index (χ1) is 11.6. The lowest BCUT2D eigenvalue weighted by atomic mass is 9.86. The van der Waals surface area contributed by atoms with Gasteiger partial charge in [-0.25, -0.2) is 9.18 Å². The summed E-state index contributed by atoms with van der Waals surface area (Å²) in [6.07, 6.45) is 1.21. The molecule has 0 saturated heterocycles. The van der Waals surface area contributed by atoms with Crippen LogP contribution in [0.3, 0.4) is 0 Å². The SMILES string of the molecule is Cc1ccc(F)cc1NC1CC(NC(=O)OCc2ccccc2)C1. The Kier molecular flexibility index (Phi) is 4.99. The Morgan fingerprint density at radius 2 is 1.92 bits per heavy atom. The molecule has 1 amide bonds. The van der Waals surface area contributed by atoms with Gasteiger partial charge in [0.2, 0.25) is 0 Å². The van der Waals surface area contributed by atoms with E-state index in [-0.39, 0.29) is 24.5 Å². The molecule has 1 aliphatic carbocycles. The summed E-state index contributed by atoms with van der Waals surface area (Å²) < 4.78 is 18.5. The van der Waals surface area contributed by atoms with Crippen LogP contribution in [0.5, 0.6) is 0 Å². The largest absolute Gasteiger partial charge is 0.445 e. The number of hydrogen-bond acceptors (Lipinski definition) is 3. The molecule has 0 atom stereocenters. The number of alkyl carbamates (subject to hydrolysis) is 1. The molecule has 1 saturated carbocycles. The number of amides is 1. The maximum Gasteiger partial charge on any atom is 0.407 e. The molecule has 2 aromatic carbocycles. The maximum atomic E-state index is 13.3. The van der Waals surface area contributed by atoms with Crippen LogP contribution in [-0.2, 0) is 11.3 Å². The number of ether oxygens (including phenoxy) is 1. The Morgan fingerprint density at radius 3 is 2.67 bits per heavy atom. The quantitative estimate of drug-likeness (QED) is 0.872. The Morgan fingerprint density at radius 1 is 1.17 bits per heavy atom. The standard InChI is InChI=1S/C19H21FN2O2/c1-13-7-8-15(20)9-18(13)21-16-10-17(11-16)22-19(23)24-12-14-5-3-2-4-6-14/h2-9,16-17,21H,10-12H2,1H3,(H,22,23). The maximum absolute atomic E-state index is 13.3. The molecular formula is C19H21FN2O2. The summed E-state index contributed by atoms with van der Waals surface area (Å²) in [5.74, 6) is -0.249. The molecule has 0 heterocycles. The lowest BCUT2D eigenvalue weighted by Crippen LogP contribution is -2.49. The van der Waals surface area contributed by atoms with Gasteiger partial charge in [-0.1, -0.05) is 36.4 Å². The fraction of sp³-hybridized carbons (Fsp3) is 0.316. The smallest absolute Gasteiger partial charge is 0.407 e. The van der Waals surface area contributed by atoms with Crippen molar-refractivity contribution in [3.8, 4) is 0 Å². The summed E-state index contributed by atoms with van der Waals surface area (Å²) >= 11 is 0. The van der Waals surface area contributed by atoms with Crippen molar-refractivity contribution in [3.63, 3.8) is 0 Å². The lowest BCUT2D eigenvalue weighted by molar-refractivity contribution is 0.129. The van der Waals surface area contributed by atoms with Crippen LogP contribution in [0.2, 0.25) is 0 Å². The van der Waals surface area contributed by atoms with Gasteiger partial charge in [-0.05, 0) is 43.0 Å². The fourth-order valence-electron chi connectivity index (χ4n) is 2.75. The monoisotopic (exact) mass is 328 g/mol. The molecule has 0 spiro atoms. The van der Waals surface area contributed by atoms with Gasteiger partial charge in [0.25, 0.3) is 0 Å². The van der Waals surface area contributed by atoms with Crippen molar-refractivity contribution < 1.29 is 13.9 Å². The van der Waals surface area contributed by atoms with Crippen LogP contribution in [0.25, 0.3) is 0 Å². The molecule has 1 fully saturated rings. The second-order valence-electron chi connectivity index (χ2n) is 6.17. The van der Waals surface area contributed by atoms with E-state index in [4.69, 9.17) is 4.74 Å². The van der Waals surface area contributed by atoms with Gasteiger partial charge >= 0.3 is 6.09 Å². The highest BCUT2D eigenvalue weighted by atomic mass is 19.1. The molecule has 5 heteroatoms. The summed E-state index contributed by atoms with van der Waals surface area (Å²) in [6.45, 7) is 2.21. The van der Waals surface area contributed by atoms with Gasteiger partial charge < -0.3 is 15.4 Å². The van der Waals surface area contributed by atoms with E-state index in [1.807, 2.05) is 37.3 Å². The topological polar surface area (TPSA) is 50.4 Å². The van der Waals surface area contributed by atoms with Crippen molar-refractivity contribution >= 4 is 11.8 Å². The number of carbonyl (C=O) groups excluding carboxylic acids is 1. The predicted octanol–water partition coefficient (Wildman–Crippen LogP) is 4.00. The molecule has 2 N–H and O–H groups in total. The third-order valence-electron chi connectivity index (χ3n) is 4.23. The number of halogens is 1. The Hall–Kier alpha value is -2.56. The van der Waals surface area contributed by atoms with Crippen LogP contribution in [0.4, 0.5) is 14.9 Å². The molecule has 126 valence electrons. The average Bonchev–Trinajstić information content (AvgIpc) is 2.55. The molecule has 3 rings (SSSR count). The van der Waals surface area contributed by atoms with Crippen LogP contribution >= 0.6 is 0 Å². The van der Waals surface area contributed by atoms with Gasteiger partial charge in [-0.15, -0.1) is 0 Å². The number of nitrogens with one attached hydrogen (secondary N) is 2. The summed E-state index contributed by atoms with van der Waals surface area (Å²) in [4.78, 5) is 11.8. The van der Waals surface area contributed by atoms with E-state index in [2.05, 4.69) is 10.6 Å². The first-order valence-corrected chi connectivity index (χ1v) is 8.10. The van der Waals surface area contributed by atoms with Crippen molar-refractivity contribution in [2.24, 2.45) is 0 Å². The van der Waals surface area contributed by atoms with Gasteiger partial charge in [0.15, 0.2) is 0 Å². The van der Waals surface area contributed by atoms with Crippen molar-refractivity contribution in [2.45, 2.75) is 38.5 Å². The fourth-order valence-corrected chi connectivity index (χ4v) is 2.75. The van der Waals surface area contributed by atoms with E-state index in [0.29, 0.717) is 0 Å². The van der Waals surface area contributed by atoms with E-state index in [0.717, 1.165) is 29.7 Å². The zero-order valence-electron chi connectivity index (χ0n) is 13.6. The molecule has 0 aromatic heterocycles. The summed E-state index contributed by atoms with van der Waals surface area (Å²) in [5.41, 5.74) is 2.78. The van der Waals surface area contributed by atoms with Gasteiger partial charge in [-0.3, -0.25) is 0 Å². The zero-order chi connectivity index (χ0) is 16.9. The Balaban J connectivity index is 1.39. The molecule has 0 aliphatic heterocycles. The lowest BCUT2D eigenvalue weighted by Gasteiger charge is -2.36. The number of rotatable bonds is 5. The van der Waals surface area contributed by atoms with Crippen LogP contribution < -0.4 is 10.6 Å². The predicted molar refractivity (Wildman–Crippen MR) is 91.3 cm³/mol. The molecule has 0 bridgehead atoms. The average molecular weight is 328 g/mol. The minimum absolute atomic E-state index is 0.0969. The highest BCUT2D eigenvalue weighted by molar-refractivity contribution is 5.68. The second-order valence-corrected chi connectivity index (χ2v) is 6.17. The van der Waals surface area contributed by atoms with Gasteiger partial charge in [-0.2, -0.15) is 0 Å². The number of benzene rings is 2. The van der Waals surface area contributed by atoms with Crippen LogP contribution in [0.1, 0.15) is 24.0 Å². The van der Waals surface area contributed by atoms with Crippen molar-refractivity contribution in [2.75, 3.05) is 5.32 Å². The molecule has 0 radical (unpaired) electrons. The highest BCUT2D eigenvalue weighted by Gasteiger charge is 2.30. The third-order valence-corrected chi connectivity index (χ3v) is 4.23. The molecule has 2 aromatic rings. The first-order valence-electron chi connectivity index (χ1n) is 8.10. The number of hydrogen-bond donors (Lipinski definition) is 2. The Bertz CT molecular complexity index is 700. The normalized spacial score (nSPS) is 19.2. The van der Waals surface area contributed by atoms with Crippen LogP contribution in [0, 0.1) is 12.7 Å². The van der Waals surface area contributed by atoms with Crippen molar-refractivity contribution in [1.29, 1.82) is 0 Å². The van der Waals surface area contributed by atoms with Gasteiger partial charge in [0.05, 0.1) is 0 Å². The van der Waals surface area contributed by atoms with Crippen LogP contribution in [-0.4, -0.2) is 18.2 Å². The summed E-state index contributed by atoms with van der Waals surface area (Å²) in [7, 11) is 0. The van der Waals surface area contributed by atoms with Crippen molar-refractivity contribution in [3.05, 3.63) is 65.5 Å². The second kappa shape index (κ2) is 7.34. The third kappa shape index (κ3) is 4.25. The molecule has 1 aliphatic rings. The number of carbonyl (C=O) groups is 1. The first kappa shape index (κ1) is 16.3. The van der Waals surface area contributed by atoms with E-state index < -0.39 is 6.09 Å². The van der Waals surface area contributed by atoms with E-state index in [1.165, 1.54) is 12.1 Å². The zero-order valence-corrected chi connectivity index (χ0v) is 13.6. The number of aryl methyl sites for hydroxylation is 1. The van der Waals surface area contributed by atoms with Crippen molar-refractivity contribution in [1.82, 2.24) is 5.32 Å². The van der Waals surface area contributed by atoms with E-state index in [9.17, 15) is 9.18 Å². The minimum atomic E-state index is -0.399. The molecular weight excluding hydrogens is 307 g/mol. The molecule has 4 nitrogen and oxygen atoms in total. The van der Waals surface area contributed by atoms with E-state index in [1.54, 1.807) is 6.07 Å².